The van der Waals surface area contributed by atoms with E-state index in [1.807, 2.05) is 0 Å². The van der Waals surface area contributed by atoms with Crippen LogP contribution in [0.1, 0.15) is 33.7 Å². The summed E-state index contributed by atoms with van der Waals surface area (Å²) in [5, 5.41) is 0. The molecule has 0 unspecified atom stereocenters. The number of rotatable bonds is 3. The van der Waals surface area contributed by atoms with E-state index in [2.05, 4.69) is 15.0 Å². The summed E-state index contributed by atoms with van der Waals surface area (Å²) in [5.41, 5.74) is 0.987. The number of nitrogens with zero attached hydrogens (tertiary/aromatic N) is 4. The summed E-state index contributed by atoms with van der Waals surface area (Å²) < 4.78 is 0. The molecule has 22 heavy (non-hydrogen) atoms. The van der Waals surface area contributed by atoms with Gasteiger partial charge in [0, 0.05) is 49.4 Å². The lowest BCUT2D eigenvalue weighted by molar-refractivity contribution is 0.0645. The van der Waals surface area contributed by atoms with Crippen molar-refractivity contribution in [2.45, 2.75) is 12.8 Å². The molecular formula is C16H16N4O2. The van der Waals surface area contributed by atoms with Gasteiger partial charge in [0.15, 0.2) is 5.78 Å². The second-order valence-corrected chi connectivity index (χ2v) is 5.26. The van der Waals surface area contributed by atoms with Crippen molar-refractivity contribution in [3.63, 3.8) is 0 Å². The van der Waals surface area contributed by atoms with E-state index in [4.69, 9.17) is 0 Å². The molecule has 1 saturated heterocycles. The molecule has 1 aliphatic heterocycles. The van der Waals surface area contributed by atoms with Crippen LogP contribution in [-0.4, -0.2) is 44.6 Å². The first-order chi connectivity index (χ1) is 10.8. The molecule has 1 amide bonds. The minimum absolute atomic E-state index is 0.0462. The van der Waals surface area contributed by atoms with Crippen molar-refractivity contribution in [1.29, 1.82) is 0 Å². The van der Waals surface area contributed by atoms with Crippen LogP contribution in [0.15, 0.2) is 43.1 Å². The van der Waals surface area contributed by atoms with E-state index in [0.717, 1.165) is 0 Å². The number of hydrogen-bond donors (Lipinski definition) is 0. The molecule has 0 N–H and O–H groups in total. The first-order valence-corrected chi connectivity index (χ1v) is 7.25. The quantitative estimate of drug-likeness (QED) is 0.804. The van der Waals surface area contributed by atoms with Crippen molar-refractivity contribution < 1.29 is 9.59 Å². The predicted octanol–water partition coefficient (Wildman–Crippen LogP) is 1.61. The van der Waals surface area contributed by atoms with Gasteiger partial charge in [-0.1, -0.05) is 0 Å². The Morgan fingerprint density at radius 2 is 1.82 bits per heavy atom. The van der Waals surface area contributed by atoms with Crippen LogP contribution in [0.3, 0.4) is 0 Å². The summed E-state index contributed by atoms with van der Waals surface area (Å²) in [7, 11) is 0. The Morgan fingerprint density at radius 3 is 2.45 bits per heavy atom. The van der Waals surface area contributed by atoms with Crippen molar-refractivity contribution in [1.82, 2.24) is 19.9 Å². The first kappa shape index (κ1) is 14.3. The number of hydrogen-bond acceptors (Lipinski definition) is 5. The standard InChI is InChI=1S/C16H16N4O2/c21-15(13-2-1-5-17-10-13)12-3-8-20(9-4-12)16(22)14-11-18-6-7-19-14/h1-2,5-7,10-12H,3-4,8-9H2. The average molecular weight is 296 g/mol. The van der Waals surface area contributed by atoms with Gasteiger partial charge >= 0.3 is 0 Å². The zero-order valence-corrected chi connectivity index (χ0v) is 12.1. The number of piperidine rings is 1. The van der Waals surface area contributed by atoms with Gasteiger partial charge in [-0.25, -0.2) is 4.98 Å². The second kappa shape index (κ2) is 6.43. The van der Waals surface area contributed by atoms with Crippen molar-refractivity contribution in [3.8, 4) is 0 Å². The predicted molar refractivity (Wildman–Crippen MR) is 79.2 cm³/mol. The third-order valence-corrected chi connectivity index (χ3v) is 3.88. The molecule has 6 heteroatoms. The van der Waals surface area contributed by atoms with E-state index in [9.17, 15) is 9.59 Å². The number of Topliss-reactive ketones (excluding diaryl/α,β-unsaturated/α-hetero) is 1. The Bertz CT molecular complexity index is 593. The van der Waals surface area contributed by atoms with E-state index in [1.54, 1.807) is 29.4 Å². The third kappa shape index (κ3) is 3.00. The van der Waals surface area contributed by atoms with Gasteiger partial charge in [0.05, 0.1) is 6.20 Å². The molecule has 112 valence electrons. The maximum atomic E-state index is 12.4. The highest BCUT2D eigenvalue weighted by atomic mass is 16.2. The largest absolute Gasteiger partial charge is 0.337 e. The highest BCUT2D eigenvalue weighted by Gasteiger charge is 2.28. The summed E-state index contributed by atoms with van der Waals surface area (Å²) in [6.07, 6.45) is 9.09. The molecule has 1 fully saturated rings. The highest BCUT2D eigenvalue weighted by Crippen LogP contribution is 2.22. The Hall–Kier alpha value is -2.63. The molecule has 2 aromatic rings. The fourth-order valence-electron chi connectivity index (χ4n) is 2.66. The second-order valence-electron chi connectivity index (χ2n) is 5.26. The number of amides is 1. The zero-order chi connectivity index (χ0) is 15.4. The van der Waals surface area contributed by atoms with E-state index < -0.39 is 0 Å². The molecule has 3 rings (SSSR count). The van der Waals surface area contributed by atoms with Crippen LogP contribution in [0.2, 0.25) is 0 Å². The van der Waals surface area contributed by atoms with Crippen molar-refractivity contribution in [3.05, 3.63) is 54.4 Å². The smallest absolute Gasteiger partial charge is 0.274 e. The number of carbonyl (C=O) groups is 2. The molecular weight excluding hydrogens is 280 g/mol. The minimum Gasteiger partial charge on any atom is -0.337 e. The number of pyridine rings is 1. The molecule has 6 nitrogen and oxygen atoms in total. The minimum atomic E-state index is -0.125. The number of carbonyl (C=O) groups excluding carboxylic acids is 2. The fourth-order valence-corrected chi connectivity index (χ4v) is 2.66. The zero-order valence-electron chi connectivity index (χ0n) is 12.1. The third-order valence-electron chi connectivity index (χ3n) is 3.88. The van der Waals surface area contributed by atoms with Crippen LogP contribution < -0.4 is 0 Å². The maximum absolute atomic E-state index is 12.4. The summed E-state index contributed by atoms with van der Waals surface area (Å²) in [6, 6.07) is 3.55. The van der Waals surface area contributed by atoms with Crippen molar-refractivity contribution in [2.24, 2.45) is 5.92 Å². The normalized spacial score (nSPS) is 15.5. The summed E-state index contributed by atoms with van der Waals surface area (Å²) in [6.45, 7) is 1.12. The molecule has 0 aliphatic carbocycles. The summed E-state index contributed by atoms with van der Waals surface area (Å²) >= 11 is 0. The Balaban J connectivity index is 1.61. The van der Waals surface area contributed by atoms with Gasteiger partial charge < -0.3 is 4.90 Å². The first-order valence-electron chi connectivity index (χ1n) is 7.25. The molecule has 0 saturated carbocycles. The molecule has 2 aromatic heterocycles. The van der Waals surface area contributed by atoms with E-state index in [-0.39, 0.29) is 17.6 Å². The average Bonchev–Trinajstić information content (AvgIpc) is 2.62. The van der Waals surface area contributed by atoms with E-state index in [1.165, 1.54) is 18.6 Å². The van der Waals surface area contributed by atoms with Crippen LogP contribution in [-0.2, 0) is 0 Å². The van der Waals surface area contributed by atoms with Gasteiger partial charge in [-0.2, -0.15) is 0 Å². The van der Waals surface area contributed by atoms with Gasteiger partial charge in [0.2, 0.25) is 0 Å². The topological polar surface area (TPSA) is 76.1 Å². The Kier molecular flexibility index (Phi) is 4.18. The number of ketones is 1. The molecule has 0 spiro atoms. The van der Waals surface area contributed by atoms with E-state index >= 15 is 0 Å². The SMILES string of the molecule is O=C(c1cccnc1)C1CCN(C(=O)c2cnccn2)CC1. The lowest BCUT2D eigenvalue weighted by atomic mass is 9.89. The van der Waals surface area contributed by atoms with Gasteiger partial charge in [-0.3, -0.25) is 19.6 Å². The molecule has 0 bridgehead atoms. The summed E-state index contributed by atoms with van der Waals surface area (Å²) in [5.74, 6) is -0.0600. The van der Waals surface area contributed by atoms with Gasteiger partial charge in [-0.05, 0) is 25.0 Å². The molecule has 0 radical (unpaired) electrons. The fraction of sp³-hybridized carbons (Fsp3) is 0.312. The molecule has 3 heterocycles. The van der Waals surface area contributed by atoms with Gasteiger partial charge in [-0.15, -0.1) is 0 Å². The van der Waals surface area contributed by atoms with Crippen LogP contribution >= 0.6 is 0 Å². The number of likely N-dealkylation sites (tertiary alicyclic amines) is 1. The lowest BCUT2D eigenvalue weighted by Gasteiger charge is -2.31. The van der Waals surface area contributed by atoms with E-state index in [0.29, 0.717) is 37.2 Å². The highest BCUT2D eigenvalue weighted by molar-refractivity contribution is 5.98. The molecule has 0 atom stereocenters. The van der Waals surface area contributed by atoms with Crippen LogP contribution in [0.4, 0.5) is 0 Å². The van der Waals surface area contributed by atoms with Crippen LogP contribution in [0, 0.1) is 5.92 Å². The summed E-state index contributed by atoms with van der Waals surface area (Å²) in [4.78, 5) is 38.3. The van der Waals surface area contributed by atoms with Gasteiger partial charge in [0.1, 0.15) is 5.69 Å². The Morgan fingerprint density at radius 1 is 1.05 bits per heavy atom. The van der Waals surface area contributed by atoms with Crippen LogP contribution in [0.5, 0.6) is 0 Å². The lowest BCUT2D eigenvalue weighted by Crippen LogP contribution is -2.40. The Labute approximate surface area is 128 Å². The van der Waals surface area contributed by atoms with Crippen molar-refractivity contribution in [2.75, 3.05) is 13.1 Å². The monoisotopic (exact) mass is 296 g/mol. The maximum Gasteiger partial charge on any atom is 0.274 e. The van der Waals surface area contributed by atoms with Crippen LogP contribution in [0.25, 0.3) is 0 Å². The number of aromatic nitrogens is 3. The molecule has 1 aliphatic rings. The van der Waals surface area contributed by atoms with Gasteiger partial charge in [0.25, 0.3) is 5.91 Å². The van der Waals surface area contributed by atoms with Crippen molar-refractivity contribution >= 4 is 11.7 Å². The molecule has 0 aromatic carbocycles.